The van der Waals surface area contributed by atoms with Crippen molar-refractivity contribution in [3.05, 3.63) is 34.9 Å². The number of benzene rings is 1. The first-order chi connectivity index (χ1) is 9.59. The van der Waals surface area contributed by atoms with Gasteiger partial charge in [-0.3, -0.25) is 15.4 Å². The first-order valence-corrected chi connectivity index (χ1v) is 6.89. The molecule has 0 spiro atoms. The molecular formula is C14H24Cl4N2O3. The maximum Gasteiger partial charge on any atom is 0.290 e. The van der Waals surface area contributed by atoms with Crippen LogP contribution in [0.25, 0.3) is 0 Å². The molecule has 5 nitrogen and oxygen atoms in total. The van der Waals surface area contributed by atoms with E-state index in [1.807, 2.05) is 27.7 Å². The maximum absolute atomic E-state index is 11.1. The molecule has 136 valence electrons. The summed E-state index contributed by atoms with van der Waals surface area (Å²) in [7, 11) is 0. The second-order valence-corrected chi connectivity index (χ2v) is 5.67. The third kappa shape index (κ3) is 17.6. The normalized spacial score (nSPS) is 9.04. The lowest BCUT2D eigenvalue weighted by atomic mass is 10.1. The Bertz CT molecular complexity index is 421. The van der Waals surface area contributed by atoms with E-state index in [-0.39, 0.29) is 42.6 Å². The standard InChI is InChI=1S/C9H9ClO.C4H11ClN2.CH2O2.2ClH/c1-2-9(11)7-3-5-8(10)6-4-7;1-4(2,3)7(5)6;2-1-3;;/h3-6H,2H2,1H3;6H2,1-3H3;1H,(H,2,3);2*1H. The monoisotopic (exact) mass is 408 g/mol. The smallest absolute Gasteiger partial charge is 0.290 e. The van der Waals surface area contributed by atoms with Gasteiger partial charge in [-0.15, -0.1) is 24.8 Å². The number of nitrogens with two attached hydrogens (primary N) is 1. The first-order valence-electron chi connectivity index (χ1n) is 6.17. The summed E-state index contributed by atoms with van der Waals surface area (Å²) < 4.78 is 1.16. The molecule has 0 aliphatic heterocycles. The lowest BCUT2D eigenvalue weighted by Crippen LogP contribution is -2.38. The summed E-state index contributed by atoms with van der Waals surface area (Å²) in [6.07, 6.45) is 0.543. The van der Waals surface area contributed by atoms with Crippen LogP contribution in [0.2, 0.25) is 5.02 Å². The van der Waals surface area contributed by atoms with E-state index in [4.69, 9.17) is 39.1 Å². The maximum atomic E-state index is 11.1. The zero-order valence-corrected chi connectivity index (χ0v) is 16.6. The van der Waals surface area contributed by atoms with Crippen molar-refractivity contribution in [3.63, 3.8) is 0 Å². The van der Waals surface area contributed by atoms with Crippen molar-refractivity contribution in [2.24, 2.45) is 5.84 Å². The van der Waals surface area contributed by atoms with Crippen LogP contribution in [0.1, 0.15) is 44.5 Å². The molecule has 0 radical (unpaired) electrons. The highest BCUT2D eigenvalue weighted by molar-refractivity contribution is 6.30. The topological polar surface area (TPSA) is 83.6 Å². The van der Waals surface area contributed by atoms with Crippen molar-refractivity contribution in [2.45, 2.75) is 39.7 Å². The van der Waals surface area contributed by atoms with Crippen LogP contribution in [-0.4, -0.2) is 27.4 Å². The Morgan fingerprint density at radius 2 is 1.57 bits per heavy atom. The Balaban J connectivity index is -0.000000132. The number of carbonyl (C=O) groups is 2. The Hall–Kier alpha value is -0.560. The number of halogens is 4. The van der Waals surface area contributed by atoms with E-state index >= 15 is 0 Å². The van der Waals surface area contributed by atoms with Gasteiger partial charge in [-0.2, -0.15) is 4.53 Å². The van der Waals surface area contributed by atoms with Gasteiger partial charge in [-0.05, 0) is 56.8 Å². The molecule has 0 saturated heterocycles. The summed E-state index contributed by atoms with van der Waals surface area (Å²) >= 11 is 11.0. The minimum absolute atomic E-state index is 0. The highest BCUT2D eigenvalue weighted by Crippen LogP contribution is 2.10. The van der Waals surface area contributed by atoms with E-state index in [0.717, 1.165) is 10.1 Å². The van der Waals surface area contributed by atoms with Gasteiger partial charge in [0.15, 0.2) is 5.78 Å². The summed E-state index contributed by atoms with van der Waals surface area (Å²) in [5.41, 5.74) is 0.610. The molecule has 0 heterocycles. The molecule has 0 atom stereocenters. The molecule has 0 fully saturated rings. The quantitative estimate of drug-likeness (QED) is 0.245. The van der Waals surface area contributed by atoms with Crippen LogP contribution in [0.15, 0.2) is 24.3 Å². The van der Waals surface area contributed by atoms with Crippen LogP contribution in [0.4, 0.5) is 0 Å². The van der Waals surface area contributed by atoms with Crippen LogP contribution in [0.5, 0.6) is 0 Å². The van der Waals surface area contributed by atoms with Gasteiger partial charge in [0, 0.05) is 22.5 Å². The molecule has 0 amide bonds. The first kappa shape index (κ1) is 30.3. The van der Waals surface area contributed by atoms with E-state index in [9.17, 15) is 4.79 Å². The van der Waals surface area contributed by atoms with Crippen molar-refractivity contribution in [1.29, 1.82) is 0 Å². The molecule has 9 heteroatoms. The highest BCUT2D eigenvalue weighted by atomic mass is 35.5. The van der Waals surface area contributed by atoms with E-state index < -0.39 is 0 Å². The van der Waals surface area contributed by atoms with Crippen LogP contribution in [0.3, 0.4) is 0 Å². The second-order valence-electron chi connectivity index (χ2n) is 4.87. The lowest BCUT2D eigenvalue weighted by Gasteiger charge is -2.23. The Kier molecular flexibility index (Phi) is 21.5. The number of carboxylic acid groups (broad SMARTS) is 1. The highest BCUT2D eigenvalue weighted by Gasteiger charge is 2.14. The summed E-state index contributed by atoms with van der Waals surface area (Å²) in [4.78, 5) is 19.4. The molecule has 1 aromatic carbocycles. The van der Waals surface area contributed by atoms with Gasteiger partial charge in [-0.25, -0.2) is 0 Å². The predicted octanol–water partition coefficient (Wildman–Crippen LogP) is 4.59. The molecule has 0 aliphatic rings. The summed E-state index contributed by atoms with van der Waals surface area (Å²) in [6, 6.07) is 6.94. The number of rotatable bonds is 2. The van der Waals surface area contributed by atoms with Gasteiger partial charge in [0.1, 0.15) is 0 Å². The third-order valence-corrected chi connectivity index (χ3v) is 2.89. The fraction of sp³-hybridized carbons (Fsp3) is 0.429. The fourth-order valence-corrected chi connectivity index (χ4v) is 0.966. The number of hydrogen-bond donors (Lipinski definition) is 2. The second kappa shape index (κ2) is 16.3. The van der Waals surface area contributed by atoms with Crippen molar-refractivity contribution in [3.8, 4) is 0 Å². The number of carbonyl (C=O) groups excluding carboxylic acids is 1. The van der Waals surface area contributed by atoms with Gasteiger partial charge < -0.3 is 5.11 Å². The Morgan fingerprint density at radius 1 is 1.26 bits per heavy atom. The van der Waals surface area contributed by atoms with E-state index in [1.54, 1.807) is 24.3 Å². The Labute approximate surface area is 160 Å². The van der Waals surface area contributed by atoms with Crippen LogP contribution >= 0.6 is 48.2 Å². The number of Topliss-reactive ketones (excluding diaryl/α,β-unsaturated/α-hetero) is 1. The SMILES string of the molecule is CC(C)(C)N(N)Cl.CCC(=O)c1ccc(Cl)cc1.Cl.Cl.O=CO. The van der Waals surface area contributed by atoms with Gasteiger partial charge in [0.25, 0.3) is 6.47 Å². The summed E-state index contributed by atoms with van der Waals surface area (Å²) in [5.74, 6) is 5.32. The van der Waals surface area contributed by atoms with Crippen molar-refractivity contribution in [2.75, 3.05) is 0 Å². The minimum Gasteiger partial charge on any atom is -0.483 e. The zero-order chi connectivity index (χ0) is 17.1. The van der Waals surface area contributed by atoms with Crippen molar-refractivity contribution in [1.82, 2.24) is 4.53 Å². The average molecular weight is 410 g/mol. The molecule has 23 heavy (non-hydrogen) atoms. The molecule has 3 N–H and O–H groups in total. The lowest BCUT2D eigenvalue weighted by molar-refractivity contribution is -0.122. The molecule has 0 saturated carbocycles. The molecule has 0 aliphatic carbocycles. The summed E-state index contributed by atoms with van der Waals surface area (Å²) in [5, 5.41) is 7.55. The van der Waals surface area contributed by atoms with E-state index in [2.05, 4.69) is 0 Å². The molecule has 0 unspecified atom stereocenters. The van der Waals surface area contributed by atoms with Gasteiger partial charge in [0.05, 0.1) is 0 Å². The van der Waals surface area contributed by atoms with Gasteiger partial charge in [0.2, 0.25) is 0 Å². The summed E-state index contributed by atoms with van der Waals surface area (Å²) in [6.45, 7) is 7.39. The number of nitrogens with zero attached hydrogens (tertiary/aromatic N) is 1. The minimum atomic E-state index is -0.250. The van der Waals surface area contributed by atoms with Crippen LogP contribution < -0.4 is 5.84 Å². The number of hydrogen-bond acceptors (Lipinski definition) is 4. The molecule has 1 rings (SSSR count). The zero-order valence-electron chi connectivity index (χ0n) is 13.5. The molecule has 0 aromatic heterocycles. The van der Waals surface area contributed by atoms with Crippen molar-refractivity contribution >= 4 is 60.4 Å². The number of ketones is 1. The molecule has 1 aromatic rings. The Morgan fingerprint density at radius 3 is 1.78 bits per heavy atom. The fourth-order valence-electron chi connectivity index (χ4n) is 0.840. The largest absolute Gasteiger partial charge is 0.483 e. The predicted molar refractivity (Wildman–Crippen MR) is 101 cm³/mol. The van der Waals surface area contributed by atoms with Crippen molar-refractivity contribution < 1.29 is 14.7 Å². The molecule has 0 bridgehead atoms. The number of hydrazine groups is 1. The van der Waals surface area contributed by atoms with Gasteiger partial charge >= 0.3 is 0 Å². The van der Waals surface area contributed by atoms with E-state index in [0.29, 0.717) is 11.4 Å². The van der Waals surface area contributed by atoms with E-state index in [1.165, 1.54) is 0 Å². The van der Waals surface area contributed by atoms with Crippen LogP contribution in [0, 0.1) is 0 Å². The van der Waals surface area contributed by atoms with Gasteiger partial charge in [-0.1, -0.05) is 18.5 Å². The average Bonchev–Trinajstić information content (AvgIpc) is 2.39. The molecular weight excluding hydrogens is 386 g/mol. The van der Waals surface area contributed by atoms with Crippen LogP contribution in [-0.2, 0) is 4.79 Å². The third-order valence-electron chi connectivity index (χ3n) is 2.13.